The molecule has 0 bridgehead atoms. The van der Waals surface area contributed by atoms with Gasteiger partial charge >= 0.3 is 0 Å². The molecule has 0 aliphatic heterocycles. The van der Waals surface area contributed by atoms with E-state index in [1.54, 1.807) is 0 Å². The summed E-state index contributed by atoms with van der Waals surface area (Å²) in [5, 5.41) is 3.59. The van der Waals surface area contributed by atoms with Crippen molar-refractivity contribution in [3.63, 3.8) is 0 Å². The quantitative estimate of drug-likeness (QED) is 0.167. The Morgan fingerprint density at radius 1 is 0.348 bits per heavy atom. The molecule has 12 aromatic rings. The molecule has 3 nitrogen and oxygen atoms in total. The van der Waals surface area contributed by atoms with Crippen LogP contribution in [0.3, 0.4) is 0 Å². The highest BCUT2D eigenvalue weighted by Gasteiger charge is 2.44. The summed E-state index contributed by atoms with van der Waals surface area (Å²) in [6, 6.07) is 78.1. The number of para-hydroxylation sites is 3. The van der Waals surface area contributed by atoms with Crippen LogP contribution in [0, 0.1) is 0 Å². The lowest BCUT2D eigenvalue weighted by molar-refractivity contribution is 0.518. The summed E-state index contributed by atoms with van der Waals surface area (Å²) in [6.07, 6.45) is 3.83. The first-order valence-electron chi connectivity index (χ1n) is 23.7. The van der Waals surface area contributed by atoms with Gasteiger partial charge in [-0.05, 0) is 110 Å². The molecule has 0 saturated heterocycles. The monoisotopic (exact) mass is 939 g/mol. The van der Waals surface area contributed by atoms with Crippen LogP contribution in [0.15, 0.2) is 218 Å². The van der Waals surface area contributed by atoms with Crippen LogP contribution in [-0.2, 0) is 31.1 Å². The van der Waals surface area contributed by atoms with E-state index in [0.29, 0.717) is 5.92 Å². The molecule has 0 radical (unpaired) electrons. The fraction of sp³-hybridized carbons (Fsp3) is 0.0952. The number of benzene rings is 9. The Morgan fingerprint density at radius 2 is 0.696 bits per heavy atom. The van der Waals surface area contributed by atoms with Crippen LogP contribution in [0.5, 0.6) is 0 Å². The summed E-state index contributed by atoms with van der Waals surface area (Å²) in [7, 11) is 0. The Morgan fingerprint density at radius 3 is 1.16 bits per heavy atom. The second-order valence-corrected chi connectivity index (χ2v) is 21.5. The van der Waals surface area contributed by atoms with Crippen molar-refractivity contribution in [2.75, 3.05) is 0 Å². The Balaban J connectivity index is 0.000000112. The molecule has 0 spiro atoms. The minimum atomic E-state index is -0.186. The third kappa shape index (κ3) is 7.60. The molecule has 330 valence electrons. The Hall–Kier alpha value is -7.35. The highest BCUT2D eigenvalue weighted by molar-refractivity contribution is 7.19. The van der Waals surface area contributed by atoms with Crippen molar-refractivity contribution < 1.29 is 0 Å². The fourth-order valence-corrected chi connectivity index (χ4v) is 14.3. The van der Waals surface area contributed by atoms with Gasteiger partial charge in [-0.2, -0.15) is 0 Å². The van der Waals surface area contributed by atoms with Gasteiger partial charge in [0.25, 0.3) is 0 Å². The topological polar surface area (TPSA) is 38.7 Å². The number of hydrogen-bond donors (Lipinski definition) is 0. The van der Waals surface area contributed by atoms with E-state index in [1.165, 1.54) is 95.9 Å². The Kier molecular flexibility index (Phi) is 10.7. The Bertz CT molecular complexity index is 3540. The van der Waals surface area contributed by atoms with Gasteiger partial charge in [0.1, 0.15) is 0 Å². The summed E-state index contributed by atoms with van der Waals surface area (Å²) < 4.78 is 3.78. The van der Waals surface area contributed by atoms with Gasteiger partial charge in [0, 0.05) is 30.6 Å². The summed E-state index contributed by atoms with van der Waals surface area (Å²) >= 11 is 5.46. The van der Waals surface area contributed by atoms with Gasteiger partial charge in [0.2, 0.25) is 0 Å². The molecular formula is C63H45N3S3. The molecule has 0 atom stereocenters. The van der Waals surface area contributed by atoms with E-state index < -0.39 is 0 Å². The first kappa shape index (κ1) is 41.8. The van der Waals surface area contributed by atoms with E-state index in [-0.39, 0.29) is 5.41 Å². The standard InChI is InChI=1S/C29H20N2S2.C21H15NS.C13H10/c1-3-11-21-19(9-1)20-10-2-4-12-22(20)29(21,17-27-30-23-13-5-7-15-25(23)32-27)18-28-31-24-14-6-8-16-26(24)33-28;1-3-9-16-14(7-1)15-8-2-4-10-17(15)18(16)13-21-22-19-11-5-6-12-20(19)23-21;1-3-7-12-10(5-1)9-11-6-2-4-8-13(11)12/h1-16H,17-18H2;1-12,18H,13H2;1-8H,9H2. The lowest BCUT2D eigenvalue weighted by Gasteiger charge is -2.31. The van der Waals surface area contributed by atoms with Gasteiger partial charge in [0.15, 0.2) is 0 Å². The van der Waals surface area contributed by atoms with Gasteiger partial charge in [-0.25, -0.2) is 15.0 Å². The minimum Gasteiger partial charge on any atom is -0.241 e. The van der Waals surface area contributed by atoms with Crippen molar-refractivity contribution in [2.24, 2.45) is 0 Å². The summed E-state index contributed by atoms with van der Waals surface area (Å²) in [5.74, 6) is 0.419. The van der Waals surface area contributed by atoms with Crippen molar-refractivity contribution >= 4 is 64.7 Å². The van der Waals surface area contributed by atoms with Gasteiger partial charge < -0.3 is 0 Å². The van der Waals surface area contributed by atoms with Crippen LogP contribution in [0.1, 0.15) is 54.3 Å². The van der Waals surface area contributed by atoms with Gasteiger partial charge in [0.05, 0.1) is 45.7 Å². The zero-order chi connectivity index (χ0) is 45.7. The van der Waals surface area contributed by atoms with Crippen molar-refractivity contribution in [3.8, 4) is 33.4 Å². The van der Waals surface area contributed by atoms with E-state index in [1.807, 2.05) is 34.0 Å². The van der Waals surface area contributed by atoms with E-state index >= 15 is 0 Å². The highest BCUT2D eigenvalue weighted by atomic mass is 32.1. The zero-order valence-corrected chi connectivity index (χ0v) is 40.2. The molecule has 0 fully saturated rings. The average molecular weight is 940 g/mol. The zero-order valence-electron chi connectivity index (χ0n) is 37.8. The molecule has 0 unspecified atom stereocenters. The molecule has 3 aliphatic carbocycles. The summed E-state index contributed by atoms with van der Waals surface area (Å²) in [4.78, 5) is 14.9. The smallest absolute Gasteiger partial charge is 0.0951 e. The lowest BCUT2D eigenvalue weighted by Crippen LogP contribution is -2.31. The van der Waals surface area contributed by atoms with Gasteiger partial charge in [-0.1, -0.05) is 182 Å². The lowest BCUT2D eigenvalue weighted by atomic mass is 9.73. The number of rotatable bonds is 6. The first-order valence-corrected chi connectivity index (χ1v) is 26.2. The van der Waals surface area contributed by atoms with Gasteiger partial charge in [-0.15, -0.1) is 34.0 Å². The van der Waals surface area contributed by atoms with Gasteiger partial charge in [-0.3, -0.25) is 0 Å². The van der Waals surface area contributed by atoms with Crippen LogP contribution >= 0.6 is 34.0 Å². The molecule has 0 N–H and O–H groups in total. The molecule has 6 heteroatoms. The molecule has 15 rings (SSSR count). The van der Waals surface area contributed by atoms with Crippen molar-refractivity contribution in [1.82, 2.24) is 15.0 Å². The predicted octanol–water partition coefficient (Wildman–Crippen LogP) is 16.6. The number of nitrogens with zero attached hydrogens (tertiary/aromatic N) is 3. The maximum Gasteiger partial charge on any atom is 0.0951 e. The molecule has 0 saturated carbocycles. The fourth-order valence-electron chi connectivity index (χ4n) is 11.1. The van der Waals surface area contributed by atoms with E-state index in [0.717, 1.165) is 42.2 Å². The van der Waals surface area contributed by atoms with Crippen molar-refractivity contribution in [3.05, 3.63) is 267 Å². The molecule has 3 aromatic heterocycles. The normalized spacial score (nSPS) is 13.4. The highest BCUT2D eigenvalue weighted by Crippen LogP contribution is 2.53. The molecule has 69 heavy (non-hydrogen) atoms. The molecule has 3 heterocycles. The maximum absolute atomic E-state index is 5.05. The van der Waals surface area contributed by atoms with E-state index in [9.17, 15) is 0 Å². The molecule has 9 aromatic carbocycles. The van der Waals surface area contributed by atoms with Crippen LogP contribution in [0.25, 0.3) is 64.0 Å². The van der Waals surface area contributed by atoms with Crippen molar-refractivity contribution in [1.29, 1.82) is 0 Å². The van der Waals surface area contributed by atoms with Crippen LogP contribution < -0.4 is 0 Å². The number of hydrogen-bond acceptors (Lipinski definition) is 6. The minimum absolute atomic E-state index is 0.186. The molecule has 3 aliphatic rings. The largest absolute Gasteiger partial charge is 0.241 e. The van der Waals surface area contributed by atoms with E-state index in [2.05, 4.69) is 218 Å². The Labute approximate surface area is 414 Å². The van der Waals surface area contributed by atoms with Crippen LogP contribution in [0.2, 0.25) is 0 Å². The van der Waals surface area contributed by atoms with Crippen LogP contribution in [0.4, 0.5) is 0 Å². The SMILES string of the molecule is c1ccc2c(c1)-c1ccccc1C2(Cc1nc2ccccc2s1)Cc1nc2ccccc2s1.c1ccc2c(c1)-c1ccccc1C2Cc1nc2ccccc2s1.c1ccc2c(c1)Cc1ccccc1-2. The number of thiazole rings is 3. The summed E-state index contributed by atoms with van der Waals surface area (Å²) in [5.41, 5.74) is 20.0. The van der Waals surface area contributed by atoms with E-state index in [4.69, 9.17) is 15.0 Å². The second-order valence-electron chi connectivity index (χ2n) is 18.2. The second kappa shape index (κ2) is 17.6. The third-order valence-corrected chi connectivity index (χ3v) is 17.3. The first-order chi connectivity index (χ1) is 34.1. The average Bonchev–Trinajstić information content (AvgIpc) is 4.27. The third-order valence-electron chi connectivity index (χ3n) is 14.1. The molecule has 0 amide bonds. The number of fused-ring (bicyclic) bond motifs is 12. The molecular weight excluding hydrogens is 895 g/mol. The predicted molar refractivity (Wildman–Crippen MR) is 291 cm³/mol. The summed E-state index contributed by atoms with van der Waals surface area (Å²) in [6.45, 7) is 0. The number of aromatic nitrogens is 3. The maximum atomic E-state index is 5.05. The van der Waals surface area contributed by atoms with Crippen LogP contribution in [-0.4, -0.2) is 15.0 Å². The van der Waals surface area contributed by atoms with Crippen molar-refractivity contribution in [2.45, 2.75) is 37.0 Å².